The van der Waals surface area contributed by atoms with Crippen LogP contribution in [0.1, 0.15) is 19.0 Å². The van der Waals surface area contributed by atoms with Gasteiger partial charge in [-0.15, -0.1) is 16.9 Å². The number of aromatic amines is 1. The lowest BCUT2D eigenvalue weighted by atomic mass is 9.95. The molecule has 128 valence electrons. The van der Waals surface area contributed by atoms with Crippen molar-refractivity contribution in [3.63, 3.8) is 0 Å². The molecule has 24 heavy (non-hydrogen) atoms. The molecule has 0 aromatic carbocycles. The number of fused-ring (bicyclic) bond motifs is 1. The van der Waals surface area contributed by atoms with E-state index < -0.39 is 18.4 Å². The topological polar surface area (TPSA) is 135 Å². The van der Waals surface area contributed by atoms with Gasteiger partial charge in [0, 0.05) is 19.5 Å². The highest BCUT2D eigenvalue weighted by atomic mass is 32.2. The van der Waals surface area contributed by atoms with Crippen molar-refractivity contribution in [3.05, 3.63) is 17.5 Å². The summed E-state index contributed by atoms with van der Waals surface area (Å²) < 4.78 is 9.67. The molecule has 1 aromatic rings. The van der Waals surface area contributed by atoms with Crippen LogP contribution >= 0.6 is 11.8 Å². The summed E-state index contributed by atoms with van der Waals surface area (Å²) in [6, 6.07) is 0. The van der Waals surface area contributed by atoms with Crippen molar-refractivity contribution in [2.24, 2.45) is 0 Å². The molecule has 0 spiro atoms. The number of thioether (sulfide) groups is 1. The molecule has 0 aliphatic carbocycles. The van der Waals surface area contributed by atoms with Gasteiger partial charge in [0.2, 0.25) is 0 Å². The third-order valence-electron chi connectivity index (χ3n) is 3.62. The fourth-order valence-electron chi connectivity index (χ4n) is 2.66. The fraction of sp³-hybridized carbons (Fsp3) is 0.462. The van der Waals surface area contributed by atoms with Gasteiger partial charge in [0.05, 0.1) is 17.9 Å². The molecule has 11 heteroatoms. The first-order valence-corrected chi connectivity index (χ1v) is 8.11. The molecule has 2 aliphatic heterocycles. The Morgan fingerprint density at radius 2 is 2.33 bits per heavy atom. The molecule has 1 amide bonds. The summed E-state index contributed by atoms with van der Waals surface area (Å²) in [4.78, 5) is 35.5. The molecule has 0 saturated carbocycles. The monoisotopic (exact) mass is 354 g/mol. The Bertz CT molecular complexity index is 703. The van der Waals surface area contributed by atoms with Crippen molar-refractivity contribution in [2.45, 2.75) is 24.9 Å². The second kappa shape index (κ2) is 6.51. The highest BCUT2D eigenvalue weighted by Gasteiger charge is 2.54. The number of amides is 1. The molecule has 0 bridgehead atoms. The summed E-state index contributed by atoms with van der Waals surface area (Å²) in [5.41, 5.74) is 1.63. The standard InChI is InChI=1S/C13H14N4O6S/c1-6(18)22-3-2-7(8-4-14-16-15-8)10-11(19)17-9(23-13(20)21)5-24-12(10)17/h4,9,12H,2-3,5H2,1H3,(H,20,21)(H,14,15,16)/b10-7-/t9?,12-/m1/s1. The van der Waals surface area contributed by atoms with E-state index in [9.17, 15) is 14.4 Å². The van der Waals surface area contributed by atoms with Crippen LogP contribution in [-0.2, 0) is 19.1 Å². The Morgan fingerprint density at radius 3 is 2.96 bits per heavy atom. The van der Waals surface area contributed by atoms with Crippen molar-refractivity contribution >= 4 is 35.4 Å². The molecule has 2 saturated heterocycles. The fourth-order valence-corrected chi connectivity index (χ4v) is 4.03. The summed E-state index contributed by atoms with van der Waals surface area (Å²) in [5, 5.41) is 18.6. The molecule has 2 aliphatic rings. The maximum absolute atomic E-state index is 12.5. The van der Waals surface area contributed by atoms with Crippen molar-refractivity contribution in [2.75, 3.05) is 12.4 Å². The van der Waals surface area contributed by atoms with Crippen molar-refractivity contribution in [1.82, 2.24) is 20.3 Å². The second-order valence-corrected chi connectivity index (χ2v) is 6.19. The van der Waals surface area contributed by atoms with Gasteiger partial charge < -0.3 is 14.6 Å². The summed E-state index contributed by atoms with van der Waals surface area (Å²) >= 11 is 1.41. The number of rotatable bonds is 5. The Labute approximate surface area is 140 Å². The van der Waals surface area contributed by atoms with E-state index in [4.69, 9.17) is 14.6 Å². The largest absolute Gasteiger partial charge is 0.507 e. The molecule has 0 radical (unpaired) electrons. The molecule has 3 rings (SSSR count). The van der Waals surface area contributed by atoms with E-state index in [1.54, 1.807) is 6.20 Å². The van der Waals surface area contributed by atoms with Crippen LogP contribution in [0.5, 0.6) is 0 Å². The van der Waals surface area contributed by atoms with E-state index in [0.29, 0.717) is 29.0 Å². The minimum Gasteiger partial charge on any atom is -0.466 e. The average Bonchev–Trinajstić information content (AvgIpc) is 3.13. The maximum Gasteiger partial charge on any atom is 0.507 e. The van der Waals surface area contributed by atoms with Crippen molar-refractivity contribution in [1.29, 1.82) is 0 Å². The lowest BCUT2D eigenvalue weighted by Gasteiger charge is -2.40. The number of hydrogen-bond acceptors (Lipinski definition) is 8. The zero-order valence-corrected chi connectivity index (χ0v) is 13.4. The van der Waals surface area contributed by atoms with Gasteiger partial charge in [0.25, 0.3) is 5.91 Å². The van der Waals surface area contributed by atoms with Gasteiger partial charge >= 0.3 is 12.1 Å². The predicted molar refractivity (Wildman–Crippen MR) is 80.5 cm³/mol. The number of β-lactam (4-membered cyclic amide) rings is 1. The molecular formula is C13H14N4O6S. The molecule has 1 unspecified atom stereocenters. The summed E-state index contributed by atoms with van der Waals surface area (Å²) in [7, 11) is 0. The number of H-pyrrole nitrogens is 1. The Kier molecular flexibility index (Phi) is 4.42. The van der Waals surface area contributed by atoms with E-state index in [0.717, 1.165) is 0 Å². The first-order chi connectivity index (χ1) is 11.5. The molecule has 1 aromatic heterocycles. The van der Waals surface area contributed by atoms with Crippen LogP contribution in [0.2, 0.25) is 0 Å². The van der Waals surface area contributed by atoms with Gasteiger partial charge in [-0.1, -0.05) is 5.21 Å². The second-order valence-electron chi connectivity index (χ2n) is 5.08. The Hall–Kier alpha value is -2.56. The van der Waals surface area contributed by atoms with Crippen LogP contribution in [0.15, 0.2) is 11.8 Å². The Morgan fingerprint density at radius 1 is 1.54 bits per heavy atom. The summed E-state index contributed by atoms with van der Waals surface area (Å²) in [6.07, 6.45) is -0.349. The average molecular weight is 354 g/mol. The number of ether oxygens (including phenoxy) is 2. The number of nitrogens with zero attached hydrogens (tertiary/aromatic N) is 3. The van der Waals surface area contributed by atoms with Gasteiger partial charge in [0.1, 0.15) is 11.1 Å². The number of carbonyl (C=O) groups excluding carboxylic acids is 2. The highest BCUT2D eigenvalue weighted by molar-refractivity contribution is 8.00. The normalized spacial score (nSPS) is 24.2. The third kappa shape index (κ3) is 2.94. The van der Waals surface area contributed by atoms with Crippen LogP contribution in [0.3, 0.4) is 0 Å². The quantitative estimate of drug-likeness (QED) is 0.439. The van der Waals surface area contributed by atoms with Gasteiger partial charge in [-0.25, -0.2) is 4.79 Å². The minimum absolute atomic E-state index is 0.112. The molecule has 2 fully saturated rings. The number of carboxylic acid groups (broad SMARTS) is 1. The molecule has 2 N–H and O–H groups in total. The van der Waals surface area contributed by atoms with E-state index in [1.165, 1.54) is 23.6 Å². The number of carbonyl (C=O) groups is 3. The van der Waals surface area contributed by atoms with E-state index in [-0.39, 0.29) is 17.9 Å². The van der Waals surface area contributed by atoms with Gasteiger partial charge in [-0.3, -0.25) is 19.6 Å². The zero-order valence-electron chi connectivity index (χ0n) is 12.6. The lowest BCUT2D eigenvalue weighted by molar-refractivity contribution is -0.144. The molecular weight excluding hydrogens is 340 g/mol. The van der Waals surface area contributed by atoms with Gasteiger partial charge in [0.15, 0.2) is 6.23 Å². The SMILES string of the molecule is CC(=O)OCC/C(=C1\C(=O)N2C(OC(=O)O)CS[C@H]12)c1c[nH]nn1. The van der Waals surface area contributed by atoms with Crippen molar-refractivity contribution in [3.8, 4) is 0 Å². The van der Waals surface area contributed by atoms with Crippen LogP contribution < -0.4 is 0 Å². The van der Waals surface area contributed by atoms with E-state index in [2.05, 4.69) is 15.4 Å². The van der Waals surface area contributed by atoms with Crippen LogP contribution in [0.4, 0.5) is 4.79 Å². The smallest absolute Gasteiger partial charge is 0.466 e. The third-order valence-corrected chi connectivity index (χ3v) is 4.87. The van der Waals surface area contributed by atoms with E-state index >= 15 is 0 Å². The van der Waals surface area contributed by atoms with Gasteiger partial charge in [-0.2, -0.15) is 0 Å². The van der Waals surface area contributed by atoms with E-state index in [1.807, 2.05) is 0 Å². The first kappa shape index (κ1) is 16.3. The predicted octanol–water partition coefficient (Wildman–Crippen LogP) is 0.447. The maximum atomic E-state index is 12.5. The molecule has 10 nitrogen and oxygen atoms in total. The van der Waals surface area contributed by atoms with Crippen LogP contribution in [-0.4, -0.2) is 67.4 Å². The number of aromatic nitrogens is 3. The molecule has 2 atom stereocenters. The van der Waals surface area contributed by atoms with Gasteiger partial charge in [-0.05, 0) is 5.57 Å². The molecule has 3 heterocycles. The minimum atomic E-state index is -1.42. The summed E-state index contributed by atoms with van der Waals surface area (Å²) in [6.45, 7) is 1.42. The van der Waals surface area contributed by atoms with Crippen molar-refractivity contribution < 1.29 is 29.0 Å². The highest BCUT2D eigenvalue weighted by Crippen LogP contribution is 2.46. The number of nitrogens with one attached hydrogen (secondary N) is 1. The summed E-state index contributed by atoms with van der Waals surface area (Å²) in [5.74, 6) is -0.356. The Balaban J connectivity index is 1.83. The number of esters is 1. The van der Waals surface area contributed by atoms with Crippen LogP contribution in [0, 0.1) is 0 Å². The van der Waals surface area contributed by atoms with Crippen LogP contribution in [0.25, 0.3) is 5.57 Å². The zero-order chi connectivity index (χ0) is 17.3. The lowest BCUT2D eigenvalue weighted by Crippen LogP contribution is -2.55. The first-order valence-electron chi connectivity index (χ1n) is 7.06. The number of hydrogen-bond donors (Lipinski definition) is 2.